The Morgan fingerprint density at radius 2 is 1.73 bits per heavy atom. The molecular weight excluding hydrogens is 400 g/mol. The smallest absolute Gasteiger partial charge is 0.254 e. The Hall–Kier alpha value is -2.37. The molecule has 4 atom stereocenters. The molecule has 2 fully saturated rings. The number of morpholine rings is 1. The van der Waals surface area contributed by atoms with Gasteiger partial charge in [0.1, 0.15) is 0 Å². The fraction of sp³-hybridized carbons (Fsp3) is 0.417. The van der Waals surface area contributed by atoms with E-state index in [9.17, 15) is 9.59 Å². The van der Waals surface area contributed by atoms with Gasteiger partial charge in [0.05, 0.1) is 12.2 Å². The molecule has 1 N–H and O–H groups in total. The van der Waals surface area contributed by atoms with Gasteiger partial charge >= 0.3 is 0 Å². The third-order valence-corrected chi connectivity index (χ3v) is 6.15. The van der Waals surface area contributed by atoms with Crippen molar-refractivity contribution in [2.75, 3.05) is 13.1 Å². The first kappa shape index (κ1) is 20.9. The quantitative estimate of drug-likeness (QED) is 0.785. The summed E-state index contributed by atoms with van der Waals surface area (Å²) in [4.78, 5) is 27.1. The van der Waals surface area contributed by atoms with Crippen molar-refractivity contribution in [2.45, 2.75) is 44.9 Å². The molecule has 0 bridgehead atoms. The summed E-state index contributed by atoms with van der Waals surface area (Å²) in [5, 5.41) is 3.73. The van der Waals surface area contributed by atoms with Gasteiger partial charge in [-0.25, -0.2) is 0 Å². The predicted octanol–water partition coefficient (Wildman–Crippen LogP) is 4.01. The Morgan fingerprint density at radius 3 is 2.40 bits per heavy atom. The second kappa shape index (κ2) is 8.78. The second-order valence-electron chi connectivity index (χ2n) is 8.35. The molecule has 0 radical (unpaired) electrons. The number of benzene rings is 2. The van der Waals surface area contributed by atoms with Gasteiger partial charge in [0.15, 0.2) is 0 Å². The zero-order valence-corrected chi connectivity index (χ0v) is 18.1. The summed E-state index contributed by atoms with van der Waals surface area (Å²) in [6, 6.07) is 15.2. The lowest BCUT2D eigenvalue weighted by Gasteiger charge is -2.35. The van der Waals surface area contributed by atoms with Crippen LogP contribution in [0.5, 0.6) is 0 Å². The lowest BCUT2D eigenvalue weighted by molar-refractivity contribution is -0.122. The van der Waals surface area contributed by atoms with Crippen molar-refractivity contribution < 1.29 is 14.3 Å². The van der Waals surface area contributed by atoms with Crippen LogP contribution in [0.1, 0.15) is 47.7 Å². The van der Waals surface area contributed by atoms with Gasteiger partial charge in [0.25, 0.3) is 5.91 Å². The number of rotatable bonds is 5. The summed E-state index contributed by atoms with van der Waals surface area (Å²) in [5.41, 5.74) is 2.68. The topological polar surface area (TPSA) is 58.6 Å². The van der Waals surface area contributed by atoms with Crippen molar-refractivity contribution in [1.82, 2.24) is 10.2 Å². The van der Waals surface area contributed by atoms with E-state index < -0.39 is 0 Å². The minimum absolute atomic E-state index is 0.0175. The normalized spacial score (nSPS) is 25.6. The van der Waals surface area contributed by atoms with E-state index in [0.717, 1.165) is 22.6 Å². The molecule has 4 unspecified atom stereocenters. The Morgan fingerprint density at radius 1 is 1.07 bits per heavy atom. The largest absolute Gasteiger partial charge is 0.372 e. The van der Waals surface area contributed by atoms with E-state index in [-0.39, 0.29) is 35.9 Å². The fourth-order valence-corrected chi connectivity index (χ4v) is 4.49. The maximum Gasteiger partial charge on any atom is 0.254 e. The number of nitrogens with one attached hydrogen (secondary N) is 1. The number of halogens is 1. The first-order valence-corrected chi connectivity index (χ1v) is 10.9. The van der Waals surface area contributed by atoms with E-state index in [1.165, 1.54) is 0 Å². The van der Waals surface area contributed by atoms with Crippen LogP contribution >= 0.6 is 11.6 Å². The number of nitrogens with zero attached hydrogens (tertiary/aromatic N) is 1. The lowest BCUT2D eigenvalue weighted by Crippen LogP contribution is -2.48. The van der Waals surface area contributed by atoms with Gasteiger partial charge in [-0.15, -0.1) is 0 Å². The molecule has 2 aromatic carbocycles. The first-order valence-electron chi connectivity index (χ1n) is 10.5. The maximum absolute atomic E-state index is 12.8. The lowest BCUT2D eigenvalue weighted by atomic mass is 10.1. The fourth-order valence-electron chi connectivity index (χ4n) is 4.22. The van der Waals surface area contributed by atoms with E-state index >= 15 is 0 Å². The molecule has 1 saturated heterocycles. The van der Waals surface area contributed by atoms with Gasteiger partial charge in [-0.1, -0.05) is 41.9 Å². The molecule has 4 rings (SSSR count). The first-order chi connectivity index (χ1) is 14.4. The van der Waals surface area contributed by atoms with Crippen LogP contribution in [0, 0.1) is 5.92 Å². The van der Waals surface area contributed by atoms with Gasteiger partial charge in [0, 0.05) is 36.1 Å². The molecule has 5 nitrogen and oxygen atoms in total. The zero-order chi connectivity index (χ0) is 21.3. The summed E-state index contributed by atoms with van der Waals surface area (Å²) in [6.45, 7) is 5.63. The second-order valence-corrected chi connectivity index (χ2v) is 8.76. The van der Waals surface area contributed by atoms with Crippen LogP contribution in [0.25, 0.3) is 0 Å². The predicted molar refractivity (Wildman–Crippen MR) is 117 cm³/mol. The van der Waals surface area contributed by atoms with Crippen LogP contribution in [0.15, 0.2) is 48.5 Å². The van der Waals surface area contributed by atoms with Gasteiger partial charge in [0.2, 0.25) is 5.91 Å². The molecule has 0 spiro atoms. The van der Waals surface area contributed by atoms with Crippen molar-refractivity contribution in [3.8, 4) is 0 Å². The molecule has 2 aliphatic rings. The highest BCUT2D eigenvalue weighted by molar-refractivity contribution is 6.31. The van der Waals surface area contributed by atoms with Gasteiger partial charge in [-0.2, -0.15) is 0 Å². The highest BCUT2D eigenvalue weighted by Crippen LogP contribution is 2.49. The van der Waals surface area contributed by atoms with Crippen molar-refractivity contribution >= 4 is 23.4 Å². The van der Waals surface area contributed by atoms with E-state index in [0.29, 0.717) is 25.2 Å². The van der Waals surface area contributed by atoms with Crippen LogP contribution in [0.3, 0.4) is 0 Å². The zero-order valence-electron chi connectivity index (χ0n) is 17.3. The summed E-state index contributed by atoms with van der Waals surface area (Å²) in [7, 11) is 0. The Kier molecular flexibility index (Phi) is 6.11. The van der Waals surface area contributed by atoms with Crippen molar-refractivity contribution in [3.63, 3.8) is 0 Å². The SMILES string of the molecule is CC1CN(C(=O)c2ccc(CNC(=O)C3CC3c3ccccc3Cl)cc2)CC(C)O1. The average Bonchev–Trinajstić information content (AvgIpc) is 3.52. The highest BCUT2D eigenvalue weighted by Gasteiger charge is 2.44. The van der Waals surface area contributed by atoms with Gasteiger partial charge in [-0.05, 0) is 55.5 Å². The third-order valence-electron chi connectivity index (χ3n) is 5.81. The number of carbonyl (C=O) groups is 2. The van der Waals surface area contributed by atoms with E-state index in [1.54, 1.807) is 0 Å². The third kappa shape index (κ3) is 4.68. The monoisotopic (exact) mass is 426 g/mol. The number of hydrogen-bond acceptors (Lipinski definition) is 3. The average molecular weight is 427 g/mol. The van der Waals surface area contributed by atoms with E-state index in [4.69, 9.17) is 16.3 Å². The summed E-state index contributed by atoms with van der Waals surface area (Å²) >= 11 is 6.24. The minimum Gasteiger partial charge on any atom is -0.372 e. The van der Waals surface area contributed by atoms with Crippen LogP contribution in [-0.2, 0) is 16.1 Å². The standard InChI is InChI=1S/C24H27ClN2O3/c1-15-13-27(14-16(2)30-15)24(29)18-9-7-17(8-10-18)12-26-23(28)21-11-20(21)19-5-3-4-6-22(19)25/h3-10,15-16,20-21H,11-14H2,1-2H3,(H,26,28). The van der Waals surface area contributed by atoms with E-state index in [2.05, 4.69) is 5.32 Å². The van der Waals surface area contributed by atoms with Gasteiger partial charge in [-0.3, -0.25) is 9.59 Å². The number of hydrogen-bond donors (Lipinski definition) is 1. The Balaban J connectivity index is 1.29. The highest BCUT2D eigenvalue weighted by atomic mass is 35.5. The molecule has 2 amide bonds. The molecule has 30 heavy (non-hydrogen) atoms. The molecule has 158 valence electrons. The molecule has 1 aliphatic carbocycles. The van der Waals surface area contributed by atoms with Crippen molar-refractivity contribution in [3.05, 3.63) is 70.2 Å². The van der Waals surface area contributed by atoms with Crippen molar-refractivity contribution in [2.24, 2.45) is 5.92 Å². The molecule has 0 aromatic heterocycles. The molecule has 1 aliphatic heterocycles. The summed E-state index contributed by atoms with van der Waals surface area (Å²) in [5.74, 6) is 0.262. The summed E-state index contributed by atoms with van der Waals surface area (Å²) < 4.78 is 5.70. The Bertz CT molecular complexity index is 920. The molecule has 1 saturated carbocycles. The molecule has 2 aromatic rings. The van der Waals surface area contributed by atoms with Crippen molar-refractivity contribution in [1.29, 1.82) is 0 Å². The number of amides is 2. The molecule has 1 heterocycles. The van der Waals surface area contributed by atoms with E-state index in [1.807, 2.05) is 67.3 Å². The molecule has 6 heteroatoms. The maximum atomic E-state index is 12.8. The Labute approximate surface area is 182 Å². The van der Waals surface area contributed by atoms with Gasteiger partial charge < -0.3 is 15.0 Å². The number of carbonyl (C=O) groups excluding carboxylic acids is 2. The minimum atomic E-state index is -0.0175. The molecular formula is C24H27ClN2O3. The summed E-state index contributed by atoms with van der Waals surface area (Å²) in [6.07, 6.45) is 0.924. The van der Waals surface area contributed by atoms with Crippen LogP contribution in [0.4, 0.5) is 0 Å². The number of ether oxygens (including phenoxy) is 1. The van der Waals surface area contributed by atoms with Crippen LogP contribution < -0.4 is 5.32 Å². The van der Waals surface area contributed by atoms with Crippen LogP contribution in [0.2, 0.25) is 5.02 Å². The van der Waals surface area contributed by atoms with Crippen LogP contribution in [-0.4, -0.2) is 42.0 Å².